The highest BCUT2D eigenvalue weighted by atomic mass is 35.5. The summed E-state index contributed by atoms with van der Waals surface area (Å²) in [5, 5.41) is 12.7. The molecule has 10 heteroatoms. The number of carbonyl (C=O) groups excluding carboxylic acids is 1. The molecule has 0 aliphatic heterocycles. The zero-order valence-corrected chi connectivity index (χ0v) is 19.0. The lowest BCUT2D eigenvalue weighted by molar-refractivity contribution is -0.139. The normalized spacial score (nSPS) is 12.2. The molecule has 0 fully saturated rings. The van der Waals surface area contributed by atoms with Crippen LogP contribution in [-0.2, 0) is 14.8 Å². The number of pyridine rings is 1. The van der Waals surface area contributed by atoms with E-state index in [1.807, 2.05) is 12.1 Å². The summed E-state index contributed by atoms with van der Waals surface area (Å²) in [5.41, 5.74) is 2.05. The van der Waals surface area contributed by atoms with Crippen LogP contribution in [0.15, 0.2) is 78.0 Å². The highest BCUT2D eigenvalue weighted by molar-refractivity contribution is 7.89. The molecule has 0 bridgehead atoms. The number of hydrogen-bond donors (Lipinski definition) is 3. The zero-order valence-electron chi connectivity index (χ0n) is 17.4. The monoisotopic (exact) mass is 487 g/mol. The Balaban J connectivity index is 1.58. The average molecular weight is 488 g/mol. The van der Waals surface area contributed by atoms with Gasteiger partial charge in [-0.25, -0.2) is 8.42 Å². The van der Waals surface area contributed by atoms with Crippen LogP contribution in [-0.4, -0.2) is 43.0 Å². The first kappa shape index (κ1) is 24.4. The first-order chi connectivity index (χ1) is 15.8. The number of aromatic nitrogens is 1. The van der Waals surface area contributed by atoms with Crippen molar-refractivity contribution in [2.75, 3.05) is 6.54 Å². The molecule has 0 radical (unpaired) electrons. The molecule has 1 heterocycles. The third-order valence-electron chi connectivity index (χ3n) is 4.82. The summed E-state index contributed by atoms with van der Waals surface area (Å²) in [6.45, 7) is 0.190. The van der Waals surface area contributed by atoms with Crippen LogP contribution in [0.2, 0.25) is 5.02 Å². The summed E-state index contributed by atoms with van der Waals surface area (Å²) < 4.78 is 27.6. The van der Waals surface area contributed by atoms with Gasteiger partial charge >= 0.3 is 5.97 Å². The van der Waals surface area contributed by atoms with Crippen molar-refractivity contribution in [1.82, 2.24) is 15.0 Å². The van der Waals surface area contributed by atoms with Gasteiger partial charge in [-0.2, -0.15) is 4.72 Å². The van der Waals surface area contributed by atoms with Crippen LogP contribution in [0.3, 0.4) is 0 Å². The van der Waals surface area contributed by atoms with Gasteiger partial charge in [0, 0.05) is 24.0 Å². The van der Waals surface area contributed by atoms with Gasteiger partial charge in [-0.05, 0) is 60.4 Å². The molecule has 1 aromatic heterocycles. The predicted molar refractivity (Wildman–Crippen MR) is 124 cm³/mol. The first-order valence-corrected chi connectivity index (χ1v) is 11.9. The molecule has 0 saturated carbocycles. The minimum atomic E-state index is -4.05. The number of amides is 1. The molecule has 1 amide bonds. The molecule has 1 atom stereocenters. The van der Waals surface area contributed by atoms with Crippen LogP contribution in [0.4, 0.5) is 0 Å². The van der Waals surface area contributed by atoms with Crippen LogP contribution in [0, 0.1) is 0 Å². The maximum absolute atomic E-state index is 12.7. The molecule has 172 valence electrons. The van der Waals surface area contributed by atoms with Crippen LogP contribution >= 0.6 is 11.6 Å². The number of aliphatic carboxylic acids is 1. The van der Waals surface area contributed by atoms with Crippen LogP contribution in [0.25, 0.3) is 11.1 Å². The van der Waals surface area contributed by atoms with Crippen molar-refractivity contribution in [1.29, 1.82) is 0 Å². The number of nitrogens with one attached hydrogen (secondary N) is 2. The number of nitrogens with zero attached hydrogens (tertiary/aromatic N) is 1. The molecule has 0 aliphatic carbocycles. The minimum absolute atomic E-state index is 0.00470. The Morgan fingerprint density at radius 2 is 1.64 bits per heavy atom. The SMILES string of the molecule is O=C(NCCC[C@H](NS(=O)(=O)c1ccc(-c2ccc(Cl)cc2)cc1)C(=O)O)c1cccnc1. The second-order valence-electron chi connectivity index (χ2n) is 7.18. The Morgan fingerprint density at radius 1 is 1.00 bits per heavy atom. The lowest BCUT2D eigenvalue weighted by Crippen LogP contribution is -2.41. The summed E-state index contributed by atoms with van der Waals surface area (Å²) in [4.78, 5) is 27.4. The van der Waals surface area contributed by atoms with Crippen molar-refractivity contribution < 1.29 is 23.1 Å². The molecule has 3 aromatic rings. The molecule has 33 heavy (non-hydrogen) atoms. The lowest BCUT2D eigenvalue weighted by atomic mass is 10.1. The van der Waals surface area contributed by atoms with Gasteiger partial charge in [-0.3, -0.25) is 14.6 Å². The Hall–Kier alpha value is -3.27. The van der Waals surface area contributed by atoms with Crippen molar-refractivity contribution in [3.05, 3.63) is 83.6 Å². The van der Waals surface area contributed by atoms with Gasteiger partial charge in [0.2, 0.25) is 10.0 Å². The van der Waals surface area contributed by atoms with Crippen molar-refractivity contribution >= 4 is 33.5 Å². The van der Waals surface area contributed by atoms with E-state index < -0.39 is 22.0 Å². The van der Waals surface area contributed by atoms with E-state index in [1.54, 1.807) is 42.6 Å². The van der Waals surface area contributed by atoms with E-state index in [-0.39, 0.29) is 30.2 Å². The fraction of sp³-hybridized carbons (Fsp3) is 0.174. The van der Waals surface area contributed by atoms with Gasteiger partial charge < -0.3 is 10.4 Å². The van der Waals surface area contributed by atoms with E-state index in [4.69, 9.17) is 11.6 Å². The third-order valence-corrected chi connectivity index (χ3v) is 6.56. The van der Waals surface area contributed by atoms with E-state index in [9.17, 15) is 23.1 Å². The molecule has 3 N–H and O–H groups in total. The maximum Gasteiger partial charge on any atom is 0.321 e. The molecule has 0 spiro atoms. The van der Waals surface area contributed by atoms with E-state index in [0.717, 1.165) is 11.1 Å². The van der Waals surface area contributed by atoms with Crippen molar-refractivity contribution in [3.8, 4) is 11.1 Å². The fourth-order valence-electron chi connectivity index (χ4n) is 3.06. The Labute approximate surface area is 196 Å². The molecule has 0 unspecified atom stereocenters. The van der Waals surface area contributed by atoms with E-state index in [0.29, 0.717) is 10.6 Å². The standard InChI is InChI=1S/C23H22ClN3O5S/c24-19-9-5-16(6-10-19)17-7-11-20(12-8-17)33(31,32)27-21(23(29)30)4-2-14-26-22(28)18-3-1-13-25-15-18/h1,3,5-13,15,21,27H,2,4,14H2,(H,26,28)(H,29,30)/t21-/m0/s1. The van der Waals surface area contributed by atoms with E-state index >= 15 is 0 Å². The summed E-state index contributed by atoms with van der Waals surface area (Å²) in [6, 6.07) is 15.1. The molecular formula is C23H22ClN3O5S. The second-order valence-corrected chi connectivity index (χ2v) is 9.33. The summed E-state index contributed by atoms with van der Waals surface area (Å²) in [6.07, 6.45) is 3.24. The van der Waals surface area contributed by atoms with Crippen LogP contribution in [0.1, 0.15) is 23.2 Å². The number of rotatable bonds is 10. The maximum atomic E-state index is 12.7. The molecular weight excluding hydrogens is 466 g/mol. The predicted octanol–water partition coefficient (Wildman–Crippen LogP) is 3.34. The second kappa shape index (κ2) is 11.0. The topological polar surface area (TPSA) is 125 Å². The molecule has 3 rings (SSSR count). The molecule has 0 aliphatic rings. The Bertz CT molecular complexity index is 1200. The Morgan fingerprint density at radius 3 is 2.21 bits per heavy atom. The molecule has 2 aromatic carbocycles. The summed E-state index contributed by atoms with van der Waals surface area (Å²) in [5.74, 6) is -1.63. The van der Waals surface area contributed by atoms with E-state index in [2.05, 4.69) is 15.0 Å². The van der Waals surface area contributed by atoms with Gasteiger partial charge in [0.05, 0.1) is 10.5 Å². The van der Waals surface area contributed by atoms with Gasteiger partial charge in [0.1, 0.15) is 6.04 Å². The smallest absolute Gasteiger partial charge is 0.321 e. The number of halogens is 1. The molecule has 8 nitrogen and oxygen atoms in total. The number of carboxylic acid groups (broad SMARTS) is 1. The highest BCUT2D eigenvalue weighted by Crippen LogP contribution is 2.23. The van der Waals surface area contributed by atoms with Crippen LogP contribution < -0.4 is 10.0 Å². The van der Waals surface area contributed by atoms with Crippen molar-refractivity contribution in [3.63, 3.8) is 0 Å². The summed E-state index contributed by atoms with van der Waals surface area (Å²) >= 11 is 5.89. The average Bonchev–Trinajstić information content (AvgIpc) is 2.82. The van der Waals surface area contributed by atoms with Crippen LogP contribution in [0.5, 0.6) is 0 Å². The number of carboxylic acids is 1. The lowest BCUT2D eigenvalue weighted by Gasteiger charge is -2.15. The van der Waals surface area contributed by atoms with Gasteiger partial charge in [0.25, 0.3) is 5.91 Å². The Kier molecular flexibility index (Phi) is 8.16. The summed E-state index contributed by atoms with van der Waals surface area (Å²) in [7, 11) is -4.05. The van der Waals surface area contributed by atoms with E-state index in [1.165, 1.54) is 18.3 Å². The van der Waals surface area contributed by atoms with Gasteiger partial charge in [-0.1, -0.05) is 35.9 Å². The van der Waals surface area contributed by atoms with Gasteiger partial charge in [-0.15, -0.1) is 0 Å². The molecule has 0 saturated heterocycles. The largest absolute Gasteiger partial charge is 0.480 e. The zero-order chi connectivity index (χ0) is 23.8. The van der Waals surface area contributed by atoms with Gasteiger partial charge in [0.15, 0.2) is 0 Å². The highest BCUT2D eigenvalue weighted by Gasteiger charge is 2.25. The number of hydrogen-bond acceptors (Lipinski definition) is 5. The number of sulfonamides is 1. The van der Waals surface area contributed by atoms with Crippen molar-refractivity contribution in [2.45, 2.75) is 23.8 Å². The number of benzene rings is 2. The quantitative estimate of drug-likeness (QED) is 0.376. The first-order valence-electron chi connectivity index (χ1n) is 10.1. The van der Waals surface area contributed by atoms with Crippen molar-refractivity contribution in [2.24, 2.45) is 0 Å². The number of carbonyl (C=O) groups is 2. The fourth-order valence-corrected chi connectivity index (χ4v) is 4.41. The minimum Gasteiger partial charge on any atom is -0.480 e. The third kappa shape index (κ3) is 6.85.